The van der Waals surface area contributed by atoms with Gasteiger partial charge in [0.25, 0.3) is 5.91 Å². The van der Waals surface area contributed by atoms with Crippen molar-refractivity contribution in [2.45, 2.75) is 56.9 Å². The summed E-state index contributed by atoms with van der Waals surface area (Å²) in [5, 5.41) is 3.63. The van der Waals surface area contributed by atoms with Gasteiger partial charge in [0, 0.05) is 29.8 Å². The summed E-state index contributed by atoms with van der Waals surface area (Å²) in [5.41, 5.74) is 2.03. The third-order valence-corrected chi connectivity index (χ3v) is 7.01. The molecule has 0 saturated carbocycles. The molecule has 3 aliphatic rings. The summed E-state index contributed by atoms with van der Waals surface area (Å²) >= 11 is 1.75. The van der Waals surface area contributed by atoms with E-state index in [1.54, 1.807) is 23.5 Å². The van der Waals surface area contributed by atoms with Gasteiger partial charge in [0.15, 0.2) is 0 Å². The van der Waals surface area contributed by atoms with Gasteiger partial charge in [-0.1, -0.05) is 0 Å². The highest BCUT2D eigenvalue weighted by Crippen LogP contribution is 2.40. The van der Waals surface area contributed by atoms with E-state index in [1.165, 1.54) is 23.3 Å². The topological polar surface area (TPSA) is 49.9 Å². The highest BCUT2D eigenvalue weighted by Gasteiger charge is 2.48. The maximum atomic E-state index is 13.0. The molecule has 1 aromatic rings. The third-order valence-electron chi connectivity index (χ3n) is 5.92. The number of rotatable bonds is 2. The Kier molecular flexibility index (Phi) is 4.12. The molecule has 2 saturated heterocycles. The summed E-state index contributed by atoms with van der Waals surface area (Å²) in [4.78, 5) is 33.7. The molecule has 24 heavy (non-hydrogen) atoms. The number of hydrogen-bond donors (Lipinski definition) is 0. The van der Waals surface area contributed by atoms with Crippen molar-refractivity contribution in [3.8, 4) is 0 Å². The molecule has 0 atom stereocenters. The predicted molar refractivity (Wildman–Crippen MR) is 91.9 cm³/mol. The fraction of sp³-hybridized carbons (Fsp3) is 0.667. The minimum Gasteiger partial charge on any atom is -0.338 e. The molecule has 0 unspecified atom stereocenters. The van der Waals surface area contributed by atoms with E-state index in [1.807, 2.05) is 4.90 Å². The quantitative estimate of drug-likeness (QED) is 0.826. The Morgan fingerprint density at radius 2 is 1.92 bits per heavy atom. The lowest BCUT2D eigenvalue weighted by Crippen LogP contribution is -2.53. The zero-order chi connectivity index (χ0) is 16.7. The lowest BCUT2D eigenvalue weighted by molar-refractivity contribution is -0.201. The van der Waals surface area contributed by atoms with Crippen molar-refractivity contribution >= 4 is 23.2 Å². The van der Waals surface area contributed by atoms with Crippen LogP contribution in [0.2, 0.25) is 0 Å². The molecule has 0 aromatic carbocycles. The molecule has 1 spiro atoms. The Hall–Kier alpha value is -1.40. The van der Waals surface area contributed by atoms with Gasteiger partial charge in [-0.25, -0.2) is 5.06 Å². The molecule has 3 heterocycles. The van der Waals surface area contributed by atoms with Gasteiger partial charge in [-0.15, -0.1) is 11.3 Å². The SMILES string of the molecule is CON1C(=O)CCC12CCN(C(=O)c1csc3c1CCCC3)CC2. The van der Waals surface area contributed by atoms with E-state index >= 15 is 0 Å². The van der Waals surface area contributed by atoms with Gasteiger partial charge in [0.1, 0.15) is 0 Å². The Balaban J connectivity index is 1.47. The van der Waals surface area contributed by atoms with Crippen LogP contribution < -0.4 is 0 Å². The second-order valence-corrected chi connectivity index (χ2v) is 8.11. The molecule has 2 fully saturated rings. The van der Waals surface area contributed by atoms with Crippen LogP contribution in [0.4, 0.5) is 0 Å². The van der Waals surface area contributed by atoms with Crippen LogP contribution in [0.5, 0.6) is 0 Å². The highest BCUT2D eigenvalue weighted by atomic mass is 32.1. The van der Waals surface area contributed by atoms with Gasteiger partial charge in [-0.3, -0.25) is 14.4 Å². The van der Waals surface area contributed by atoms with Crippen molar-refractivity contribution in [2.75, 3.05) is 20.2 Å². The normalized spacial score (nSPS) is 23.0. The molecule has 1 aromatic heterocycles. The Morgan fingerprint density at radius 3 is 2.67 bits per heavy atom. The van der Waals surface area contributed by atoms with Crippen molar-refractivity contribution < 1.29 is 14.4 Å². The van der Waals surface area contributed by atoms with Gasteiger partial charge in [0.05, 0.1) is 18.2 Å². The summed E-state index contributed by atoms with van der Waals surface area (Å²) in [6.45, 7) is 1.41. The largest absolute Gasteiger partial charge is 0.338 e. The lowest BCUT2D eigenvalue weighted by Gasteiger charge is -2.43. The van der Waals surface area contributed by atoms with Crippen LogP contribution in [-0.4, -0.2) is 47.5 Å². The number of aryl methyl sites for hydroxylation is 1. The Labute approximate surface area is 146 Å². The number of hydroxylamine groups is 2. The van der Waals surface area contributed by atoms with Crippen LogP contribution in [-0.2, 0) is 22.5 Å². The summed E-state index contributed by atoms with van der Waals surface area (Å²) in [6, 6.07) is 0. The fourth-order valence-electron chi connectivity index (χ4n) is 4.53. The number of carbonyl (C=O) groups excluding carboxylic acids is 2. The van der Waals surface area contributed by atoms with Crippen molar-refractivity contribution in [3.63, 3.8) is 0 Å². The molecule has 0 radical (unpaired) electrons. The average molecular weight is 348 g/mol. The van der Waals surface area contributed by atoms with E-state index in [2.05, 4.69) is 5.38 Å². The van der Waals surface area contributed by atoms with E-state index in [4.69, 9.17) is 4.84 Å². The number of likely N-dealkylation sites (tertiary alicyclic amines) is 1. The number of carbonyl (C=O) groups is 2. The van der Waals surface area contributed by atoms with E-state index in [0.717, 1.165) is 37.7 Å². The third kappa shape index (κ3) is 2.47. The minimum atomic E-state index is -0.198. The Morgan fingerprint density at radius 1 is 1.17 bits per heavy atom. The molecule has 2 amide bonds. The van der Waals surface area contributed by atoms with Crippen molar-refractivity contribution in [1.82, 2.24) is 9.96 Å². The van der Waals surface area contributed by atoms with Gasteiger partial charge in [-0.05, 0) is 50.5 Å². The minimum absolute atomic E-state index is 0.0733. The molecule has 6 heteroatoms. The number of hydrogen-bond acceptors (Lipinski definition) is 4. The molecule has 130 valence electrons. The van der Waals surface area contributed by atoms with Crippen LogP contribution in [0.15, 0.2) is 5.38 Å². The molecular weight excluding hydrogens is 324 g/mol. The van der Waals surface area contributed by atoms with E-state index in [0.29, 0.717) is 19.5 Å². The van der Waals surface area contributed by atoms with Crippen LogP contribution in [0.1, 0.15) is 59.3 Å². The van der Waals surface area contributed by atoms with Gasteiger partial charge in [0.2, 0.25) is 5.91 Å². The first-order chi connectivity index (χ1) is 11.6. The van der Waals surface area contributed by atoms with Gasteiger partial charge in [-0.2, -0.15) is 0 Å². The van der Waals surface area contributed by atoms with E-state index in [-0.39, 0.29) is 17.4 Å². The summed E-state index contributed by atoms with van der Waals surface area (Å²) in [6.07, 6.45) is 7.63. The molecule has 5 nitrogen and oxygen atoms in total. The molecule has 1 aliphatic carbocycles. The molecular formula is C18H24N2O3S. The molecule has 4 rings (SSSR count). The van der Waals surface area contributed by atoms with Crippen LogP contribution >= 0.6 is 11.3 Å². The summed E-state index contributed by atoms with van der Waals surface area (Å²) < 4.78 is 0. The first kappa shape index (κ1) is 16.1. The van der Waals surface area contributed by atoms with Crippen LogP contribution in [0, 0.1) is 0 Å². The molecule has 0 bridgehead atoms. The van der Waals surface area contributed by atoms with Crippen LogP contribution in [0.3, 0.4) is 0 Å². The number of fused-ring (bicyclic) bond motifs is 1. The van der Waals surface area contributed by atoms with Crippen molar-refractivity contribution in [2.24, 2.45) is 0 Å². The standard InChI is InChI=1S/C18H24N2O3S/c1-23-20-16(21)6-7-18(20)8-10-19(11-9-18)17(22)14-12-24-15-5-3-2-4-13(14)15/h12H,2-11H2,1H3. The number of amides is 2. The van der Waals surface area contributed by atoms with E-state index in [9.17, 15) is 9.59 Å². The summed E-state index contributed by atoms with van der Waals surface area (Å²) in [7, 11) is 1.57. The zero-order valence-corrected chi connectivity index (χ0v) is 15.0. The first-order valence-corrected chi connectivity index (χ1v) is 9.78. The number of piperidine rings is 1. The summed E-state index contributed by atoms with van der Waals surface area (Å²) in [5.74, 6) is 0.252. The average Bonchev–Trinajstić information content (AvgIpc) is 3.17. The number of thiophene rings is 1. The highest BCUT2D eigenvalue weighted by molar-refractivity contribution is 7.10. The smallest absolute Gasteiger partial charge is 0.254 e. The van der Waals surface area contributed by atoms with E-state index < -0.39 is 0 Å². The predicted octanol–water partition coefficient (Wildman–Crippen LogP) is 2.79. The molecule has 0 N–H and O–H groups in total. The lowest BCUT2D eigenvalue weighted by atomic mass is 9.85. The fourth-order valence-corrected chi connectivity index (χ4v) is 5.65. The number of nitrogens with zero attached hydrogens (tertiary/aromatic N) is 2. The Bertz CT molecular complexity index is 661. The first-order valence-electron chi connectivity index (χ1n) is 8.90. The monoisotopic (exact) mass is 348 g/mol. The maximum absolute atomic E-state index is 13.0. The van der Waals surface area contributed by atoms with Crippen molar-refractivity contribution in [3.05, 3.63) is 21.4 Å². The molecule has 2 aliphatic heterocycles. The maximum Gasteiger partial charge on any atom is 0.254 e. The van der Waals surface area contributed by atoms with Crippen LogP contribution in [0.25, 0.3) is 0 Å². The van der Waals surface area contributed by atoms with Crippen molar-refractivity contribution in [1.29, 1.82) is 0 Å². The van der Waals surface area contributed by atoms with Gasteiger partial charge < -0.3 is 4.90 Å². The second-order valence-electron chi connectivity index (χ2n) is 7.15. The van der Waals surface area contributed by atoms with Gasteiger partial charge >= 0.3 is 0 Å². The zero-order valence-electron chi connectivity index (χ0n) is 14.2. The second kappa shape index (κ2) is 6.15.